The second-order valence-electron chi connectivity index (χ2n) is 6.09. The van der Waals surface area contributed by atoms with Crippen LogP contribution in [0.5, 0.6) is 0 Å². The summed E-state index contributed by atoms with van der Waals surface area (Å²) in [4.78, 5) is 16.9. The molecule has 0 atom stereocenters. The lowest BCUT2D eigenvalue weighted by Gasteiger charge is -2.39. The highest BCUT2D eigenvalue weighted by Crippen LogP contribution is 2.21. The molecular weight excluding hydrogens is 354 g/mol. The minimum atomic E-state index is 0.150. The van der Waals surface area contributed by atoms with E-state index >= 15 is 0 Å². The lowest BCUT2D eigenvalue weighted by molar-refractivity contribution is -0.130. The molecule has 0 bridgehead atoms. The summed E-state index contributed by atoms with van der Waals surface area (Å²) in [6.07, 6.45) is 3.91. The average Bonchev–Trinajstić information content (AvgIpc) is 2.62. The number of carbonyl (C=O) groups is 1. The van der Waals surface area contributed by atoms with Gasteiger partial charge in [-0.25, -0.2) is 0 Å². The molecule has 1 fully saturated rings. The summed E-state index contributed by atoms with van der Waals surface area (Å²) in [5.74, 6) is 0.150. The molecule has 0 aromatic heterocycles. The molecule has 1 aliphatic rings. The summed E-state index contributed by atoms with van der Waals surface area (Å²) in [6.45, 7) is 4.57. The Morgan fingerprint density at radius 3 is 2.76 bits per heavy atom. The lowest BCUT2D eigenvalue weighted by atomic mass is 10.0. The molecule has 7 heteroatoms. The normalized spacial score (nSPS) is 15.1. The number of nitrogens with zero attached hydrogens (tertiary/aromatic N) is 2. The molecule has 0 radical (unpaired) electrons. The minimum Gasteiger partial charge on any atom is -0.383 e. The highest BCUT2D eigenvalue weighted by atomic mass is 32.2. The van der Waals surface area contributed by atoms with Gasteiger partial charge in [0.2, 0.25) is 5.91 Å². The van der Waals surface area contributed by atoms with Crippen molar-refractivity contribution < 1.29 is 9.53 Å². The first-order chi connectivity index (χ1) is 12.0. The molecule has 1 amide bonds. The Bertz CT molecular complexity index is 589. The second kappa shape index (κ2) is 9.99. The minimum absolute atomic E-state index is 0.150. The van der Waals surface area contributed by atoms with Crippen molar-refractivity contribution in [2.24, 2.45) is 0 Å². The Morgan fingerprint density at radius 2 is 2.16 bits per heavy atom. The van der Waals surface area contributed by atoms with Crippen LogP contribution >= 0.6 is 24.0 Å². The number of hydrogen-bond donors (Lipinski definition) is 1. The Balaban J connectivity index is 2.03. The number of anilines is 1. The molecule has 1 heterocycles. The number of rotatable bonds is 6. The summed E-state index contributed by atoms with van der Waals surface area (Å²) in [6, 6.07) is 8.57. The molecule has 1 N–H and O–H groups in total. The summed E-state index contributed by atoms with van der Waals surface area (Å²) in [5.41, 5.74) is 1.00. The maximum atomic E-state index is 11.5. The van der Waals surface area contributed by atoms with Crippen molar-refractivity contribution in [3.05, 3.63) is 24.3 Å². The fraction of sp³-hybridized carbons (Fsp3) is 0.556. The standard InChI is InChI=1S/C18H27N3O2S2/c1-14(22)20-9-7-16(8-10-20)21(11-12-23-2)18(24)19-15-5-4-6-17(13-15)25-3/h4-6,13,16H,7-12H2,1-3H3,(H,19,24). The molecule has 25 heavy (non-hydrogen) atoms. The summed E-state index contributed by atoms with van der Waals surface area (Å²) in [5, 5.41) is 4.08. The van der Waals surface area contributed by atoms with Crippen molar-refractivity contribution >= 4 is 40.7 Å². The average molecular weight is 382 g/mol. The van der Waals surface area contributed by atoms with E-state index in [2.05, 4.69) is 28.6 Å². The maximum Gasteiger partial charge on any atom is 0.219 e. The van der Waals surface area contributed by atoms with Crippen molar-refractivity contribution in [3.8, 4) is 0 Å². The van der Waals surface area contributed by atoms with Gasteiger partial charge in [-0.15, -0.1) is 11.8 Å². The number of methoxy groups -OCH3 is 1. The van der Waals surface area contributed by atoms with Gasteiger partial charge in [0, 0.05) is 50.3 Å². The van der Waals surface area contributed by atoms with Crippen LogP contribution in [0.4, 0.5) is 5.69 Å². The van der Waals surface area contributed by atoms with Crippen LogP contribution in [0, 0.1) is 0 Å². The van der Waals surface area contributed by atoms with Crippen molar-refractivity contribution in [2.45, 2.75) is 30.7 Å². The quantitative estimate of drug-likeness (QED) is 0.604. The zero-order valence-corrected chi connectivity index (χ0v) is 16.8. The number of piperidine rings is 1. The van der Waals surface area contributed by atoms with E-state index in [9.17, 15) is 4.79 Å². The van der Waals surface area contributed by atoms with Gasteiger partial charge in [-0.2, -0.15) is 0 Å². The largest absolute Gasteiger partial charge is 0.383 e. The highest BCUT2D eigenvalue weighted by molar-refractivity contribution is 7.98. The molecule has 138 valence electrons. The number of carbonyl (C=O) groups excluding carboxylic acids is 1. The van der Waals surface area contributed by atoms with E-state index in [1.807, 2.05) is 17.0 Å². The van der Waals surface area contributed by atoms with Gasteiger partial charge in [0.15, 0.2) is 5.11 Å². The molecule has 5 nitrogen and oxygen atoms in total. The van der Waals surface area contributed by atoms with Crippen LogP contribution in [0.2, 0.25) is 0 Å². The van der Waals surface area contributed by atoms with Gasteiger partial charge in [0.1, 0.15) is 0 Å². The molecule has 0 unspecified atom stereocenters. The molecule has 0 saturated carbocycles. The Labute approximate surface area is 160 Å². The van der Waals surface area contributed by atoms with Gasteiger partial charge < -0.3 is 19.9 Å². The van der Waals surface area contributed by atoms with Crippen LogP contribution in [0.15, 0.2) is 29.2 Å². The van der Waals surface area contributed by atoms with E-state index in [4.69, 9.17) is 17.0 Å². The lowest BCUT2D eigenvalue weighted by Crippen LogP contribution is -2.50. The molecule has 0 aliphatic carbocycles. The number of nitrogens with one attached hydrogen (secondary N) is 1. The monoisotopic (exact) mass is 381 g/mol. The van der Waals surface area contributed by atoms with E-state index in [-0.39, 0.29) is 5.91 Å². The third-order valence-electron chi connectivity index (χ3n) is 4.47. The first-order valence-electron chi connectivity index (χ1n) is 8.51. The topological polar surface area (TPSA) is 44.8 Å². The van der Waals surface area contributed by atoms with Crippen molar-refractivity contribution in [3.63, 3.8) is 0 Å². The SMILES string of the molecule is COCCN(C(=S)Nc1cccc(SC)c1)C1CCN(C(C)=O)CC1. The van der Waals surface area contributed by atoms with Crippen LogP contribution in [0.25, 0.3) is 0 Å². The van der Waals surface area contributed by atoms with E-state index in [0.29, 0.717) is 12.6 Å². The van der Waals surface area contributed by atoms with Gasteiger partial charge in [-0.1, -0.05) is 6.07 Å². The zero-order valence-electron chi connectivity index (χ0n) is 15.2. The fourth-order valence-corrected chi connectivity index (χ4v) is 3.85. The predicted octanol–water partition coefficient (Wildman–Crippen LogP) is 3.06. The Kier molecular flexibility index (Phi) is 7.99. The third-order valence-corrected chi connectivity index (χ3v) is 5.53. The molecule has 1 aromatic carbocycles. The number of thioether (sulfide) groups is 1. The van der Waals surface area contributed by atoms with E-state index in [1.54, 1.807) is 25.8 Å². The molecule has 2 rings (SSSR count). The van der Waals surface area contributed by atoms with E-state index in [0.717, 1.165) is 43.3 Å². The van der Waals surface area contributed by atoms with Crippen molar-refractivity contribution in [1.82, 2.24) is 9.80 Å². The molecule has 1 aliphatic heterocycles. The predicted molar refractivity (Wildman–Crippen MR) is 108 cm³/mol. The number of hydrogen-bond acceptors (Lipinski definition) is 4. The van der Waals surface area contributed by atoms with Gasteiger partial charge in [-0.05, 0) is 49.5 Å². The Hall–Kier alpha value is -1.31. The van der Waals surface area contributed by atoms with Gasteiger partial charge in [0.25, 0.3) is 0 Å². The first kappa shape index (κ1) is 20.0. The van der Waals surface area contributed by atoms with E-state index in [1.165, 1.54) is 4.90 Å². The molecule has 1 saturated heterocycles. The van der Waals surface area contributed by atoms with E-state index < -0.39 is 0 Å². The van der Waals surface area contributed by atoms with Crippen LogP contribution in [0.1, 0.15) is 19.8 Å². The second-order valence-corrected chi connectivity index (χ2v) is 7.35. The molecule has 0 spiro atoms. The van der Waals surface area contributed by atoms with Gasteiger partial charge >= 0.3 is 0 Å². The van der Waals surface area contributed by atoms with Crippen LogP contribution in [-0.2, 0) is 9.53 Å². The maximum absolute atomic E-state index is 11.5. The number of benzene rings is 1. The number of likely N-dealkylation sites (tertiary alicyclic amines) is 1. The number of ether oxygens (including phenoxy) is 1. The number of amides is 1. The summed E-state index contributed by atoms with van der Waals surface area (Å²) < 4.78 is 5.26. The van der Waals surface area contributed by atoms with Crippen molar-refractivity contribution in [1.29, 1.82) is 0 Å². The smallest absolute Gasteiger partial charge is 0.219 e. The van der Waals surface area contributed by atoms with Gasteiger partial charge in [-0.3, -0.25) is 4.79 Å². The summed E-state index contributed by atoms with van der Waals surface area (Å²) in [7, 11) is 1.70. The number of thiocarbonyl (C=S) groups is 1. The van der Waals surface area contributed by atoms with Crippen LogP contribution in [0.3, 0.4) is 0 Å². The van der Waals surface area contributed by atoms with Crippen LogP contribution < -0.4 is 5.32 Å². The van der Waals surface area contributed by atoms with Crippen molar-refractivity contribution in [2.75, 3.05) is 44.9 Å². The highest BCUT2D eigenvalue weighted by Gasteiger charge is 2.27. The zero-order chi connectivity index (χ0) is 18.2. The Morgan fingerprint density at radius 1 is 1.44 bits per heavy atom. The van der Waals surface area contributed by atoms with Crippen LogP contribution in [-0.4, -0.2) is 66.5 Å². The first-order valence-corrected chi connectivity index (χ1v) is 10.1. The summed E-state index contributed by atoms with van der Waals surface area (Å²) >= 11 is 7.39. The fourth-order valence-electron chi connectivity index (χ4n) is 3.03. The molecule has 1 aromatic rings. The van der Waals surface area contributed by atoms with Gasteiger partial charge in [0.05, 0.1) is 6.61 Å². The third kappa shape index (κ3) is 5.87. The molecular formula is C18H27N3O2S2.